The summed E-state index contributed by atoms with van der Waals surface area (Å²) in [7, 11) is 1.50. The van der Waals surface area contributed by atoms with Crippen molar-refractivity contribution in [2.24, 2.45) is 11.8 Å². The molecule has 3 heteroatoms. The van der Waals surface area contributed by atoms with Crippen LogP contribution in [0.25, 0.3) is 0 Å². The Balaban J connectivity index is 2.33. The first kappa shape index (κ1) is 19.3. The zero-order valence-corrected chi connectivity index (χ0v) is 15.7. The molecule has 1 fully saturated rings. The number of hydrogen-bond acceptors (Lipinski definition) is 3. The van der Waals surface area contributed by atoms with E-state index in [1.165, 1.54) is 7.11 Å². The molecule has 2 rings (SSSR count). The van der Waals surface area contributed by atoms with Crippen LogP contribution < -0.4 is 0 Å². The second kappa shape index (κ2) is 8.36. The van der Waals surface area contributed by atoms with Crippen molar-refractivity contribution in [2.75, 3.05) is 7.11 Å². The van der Waals surface area contributed by atoms with E-state index in [1.807, 2.05) is 37.3 Å². The number of carbonyl (C=O) groups excluding carboxylic acids is 1. The molecule has 4 atom stereocenters. The maximum absolute atomic E-state index is 13.2. The van der Waals surface area contributed by atoms with E-state index >= 15 is 0 Å². The molecule has 0 heterocycles. The largest absolute Gasteiger partial charge is 0.459 e. The monoisotopic (exact) mass is 340 g/mol. The van der Waals surface area contributed by atoms with Crippen LogP contribution in [0.1, 0.15) is 45.6 Å². The van der Waals surface area contributed by atoms with Gasteiger partial charge in [0.05, 0.1) is 0 Å². The Morgan fingerprint density at radius 2 is 1.96 bits per heavy atom. The standard InChI is InChI=1S/C22H28O3/c1-6-14-22(24-5,18-10-8-7-9-11-18)21(23)25-20-15-17(4)12-13-19(20)16(2)3/h7-11,17,19-20H,2,12-13,15H2,1,3-5H3/t17-,19+,20-,22-/m1/s1. The Kier molecular flexibility index (Phi) is 6.45. The van der Waals surface area contributed by atoms with E-state index in [0.717, 1.165) is 24.8 Å². The zero-order chi connectivity index (χ0) is 18.4. The third-order valence-corrected chi connectivity index (χ3v) is 5.02. The predicted molar refractivity (Wildman–Crippen MR) is 99.8 cm³/mol. The summed E-state index contributed by atoms with van der Waals surface area (Å²) >= 11 is 0. The van der Waals surface area contributed by atoms with Crippen LogP contribution in [0.15, 0.2) is 42.5 Å². The van der Waals surface area contributed by atoms with Crippen molar-refractivity contribution in [3.8, 4) is 11.8 Å². The van der Waals surface area contributed by atoms with Crippen molar-refractivity contribution in [1.29, 1.82) is 0 Å². The van der Waals surface area contributed by atoms with E-state index in [9.17, 15) is 4.79 Å². The van der Waals surface area contributed by atoms with Gasteiger partial charge in [-0.3, -0.25) is 0 Å². The highest BCUT2D eigenvalue weighted by atomic mass is 16.6. The maximum atomic E-state index is 13.2. The van der Waals surface area contributed by atoms with Gasteiger partial charge in [-0.25, -0.2) is 4.79 Å². The minimum Gasteiger partial charge on any atom is -0.459 e. The fourth-order valence-corrected chi connectivity index (χ4v) is 3.59. The minimum atomic E-state index is -1.39. The summed E-state index contributed by atoms with van der Waals surface area (Å²) in [5, 5.41) is 0. The van der Waals surface area contributed by atoms with E-state index in [4.69, 9.17) is 9.47 Å². The van der Waals surface area contributed by atoms with E-state index < -0.39 is 11.6 Å². The molecule has 0 bridgehead atoms. The van der Waals surface area contributed by atoms with Gasteiger partial charge >= 0.3 is 5.97 Å². The molecular formula is C22H28O3. The van der Waals surface area contributed by atoms with E-state index in [1.54, 1.807) is 6.92 Å². The first-order valence-corrected chi connectivity index (χ1v) is 8.85. The Bertz CT molecular complexity index is 668. The first-order valence-electron chi connectivity index (χ1n) is 8.85. The second-order valence-electron chi connectivity index (χ2n) is 6.94. The van der Waals surface area contributed by atoms with E-state index in [0.29, 0.717) is 11.5 Å². The molecule has 0 aromatic heterocycles. The molecular weight excluding hydrogens is 312 g/mol. The molecule has 134 valence electrons. The molecule has 0 N–H and O–H groups in total. The molecule has 1 aromatic carbocycles. The lowest BCUT2D eigenvalue weighted by atomic mass is 9.77. The highest BCUT2D eigenvalue weighted by Crippen LogP contribution is 2.36. The second-order valence-corrected chi connectivity index (χ2v) is 6.94. The molecule has 1 aliphatic rings. The summed E-state index contributed by atoms with van der Waals surface area (Å²) in [5.74, 6) is 6.04. The fourth-order valence-electron chi connectivity index (χ4n) is 3.59. The number of esters is 1. The van der Waals surface area contributed by atoms with Crippen molar-refractivity contribution in [3.63, 3.8) is 0 Å². The highest BCUT2D eigenvalue weighted by molar-refractivity contribution is 5.85. The van der Waals surface area contributed by atoms with Crippen LogP contribution >= 0.6 is 0 Å². The molecule has 3 nitrogen and oxygen atoms in total. The molecule has 25 heavy (non-hydrogen) atoms. The molecule has 0 spiro atoms. The van der Waals surface area contributed by atoms with Gasteiger partial charge in [-0.1, -0.05) is 55.3 Å². The summed E-state index contributed by atoms with van der Waals surface area (Å²) in [6.45, 7) is 9.99. The van der Waals surface area contributed by atoms with Crippen molar-refractivity contribution in [1.82, 2.24) is 0 Å². The summed E-state index contributed by atoms with van der Waals surface area (Å²) in [4.78, 5) is 13.2. The van der Waals surface area contributed by atoms with E-state index in [2.05, 4.69) is 25.3 Å². The quantitative estimate of drug-likeness (QED) is 0.450. The van der Waals surface area contributed by atoms with Crippen LogP contribution in [0.4, 0.5) is 0 Å². The van der Waals surface area contributed by atoms with Gasteiger partial charge < -0.3 is 9.47 Å². The summed E-state index contributed by atoms with van der Waals surface area (Å²) in [6.07, 6.45) is 2.80. The van der Waals surface area contributed by atoms with Gasteiger partial charge in [0.15, 0.2) is 0 Å². The van der Waals surface area contributed by atoms with Crippen LogP contribution in [0, 0.1) is 23.7 Å². The zero-order valence-electron chi connectivity index (χ0n) is 15.7. The van der Waals surface area contributed by atoms with Crippen LogP contribution in [0.2, 0.25) is 0 Å². The van der Waals surface area contributed by atoms with Crippen LogP contribution in [-0.2, 0) is 19.9 Å². The number of methoxy groups -OCH3 is 1. The number of carbonyl (C=O) groups is 1. The van der Waals surface area contributed by atoms with E-state index in [-0.39, 0.29) is 12.0 Å². The minimum absolute atomic E-state index is 0.175. The molecule has 1 aliphatic carbocycles. The Morgan fingerprint density at radius 1 is 1.28 bits per heavy atom. The molecule has 0 unspecified atom stereocenters. The molecule has 0 saturated heterocycles. The molecule has 0 amide bonds. The van der Waals surface area contributed by atoms with Crippen molar-refractivity contribution < 1.29 is 14.3 Å². The average Bonchev–Trinajstić information content (AvgIpc) is 2.60. The number of hydrogen-bond donors (Lipinski definition) is 0. The van der Waals surface area contributed by atoms with Gasteiger partial charge in [0.25, 0.3) is 5.60 Å². The smallest absolute Gasteiger partial charge is 0.356 e. The lowest BCUT2D eigenvalue weighted by molar-refractivity contribution is -0.173. The fraction of sp³-hybridized carbons (Fsp3) is 0.500. The topological polar surface area (TPSA) is 35.5 Å². The van der Waals surface area contributed by atoms with Gasteiger partial charge in [0.1, 0.15) is 6.10 Å². The van der Waals surface area contributed by atoms with Crippen LogP contribution in [0.5, 0.6) is 0 Å². The highest BCUT2D eigenvalue weighted by Gasteiger charge is 2.43. The van der Waals surface area contributed by atoms with Crippen LogP contribution in [0.3, 0.4) is 0 Å². The molecule has 1 saturated carbocycles. The maximum Gasteiger partial charge on any atom is 0.356 e. The van der Waals surface area contributed by atoms with Crippen molar-refractivity contribution >= 4 is 5.97 Å². The average molecular weight is 340 g/mol. The third kappa shape index (κ3) is 4.14. The van der Waals surface area contributed by atoms with Gasteiger partial charge in [-0.2, -0.15) is 0 Å². The lowest BCUT2D eigenvalue weighted by Gasteiger charge is -2.37. The Morgan fingerprint density at radius 3 is 2.52 bits per heavy atom. The summed E-state index contributed by atoms with van der Waals surface area (Å²) in [6, 6.07) is 9.32. The third-order valence-electron chi connectivity index (χ3n) is 5.02. The van der Waals surface area contributed by atoms with Crippen molar-refractivity contribution in [3.05, 3.63) is 48.0 Å². The van der Waals surface area contributed by atoms with Gasteiger partial charge in [-0.05, 0) is 39.0 Å². The molecule has 1 aromatic rings. The normalized spacial score (nSPS) is 25.2. The van der Waals surface area contributed by atoms with Gasteiger partial charge in [0, 0.05) is 18.6 Å². The molecule has 0 radical (unpaired) electrons. The van der Waals surface area contributed by atoms with Crippen LogP contribution in [-0.4, -0.2) is 19.2 Å². The Hall–Kier alpha value is -2.05. The Labute approximate surface area is 151 Å². The van der Waals surface area contributed by atoms with Gasteiger partial charge in [0.2, 0.25) is 0 Å². The van der Waals surface area contributed by atoms with Crippen molar-refractivity contribution in [2.45, 2.75) is 51.7 Å². The summed E-state index contributed by atoms with van der Waals surface area (Å²) < 4.78 is 11.6. The SMILES string of the molecule is C=C(C)[C@@H]1CC[C@@H](C)C[C@H]1OC(=O)[C@](C#CC)(OC)c1ccccc1. The molecule has 0 aliphatic heterocycles. The first-order chi connectivity index (χ1) is 11.9. The number of ether oxygens (including phenoxy) is 2. The number of rotatable bonds is 5. The predicted octanol–water partition coefficient (Wildman–Crippen LogP) is 4.48. The van der Waals surface area contributed by atoms with Gasteiger partial charge in [-0.15, -0.1) is 5.92 Å². The summed E-state index contributed by atoms with van der Waals surface area (Å²) in [5.41, 5.74) is 0.359. The number of benzene rings is 1. The lowest BCUT2D eigenvalue weighted by Crippen LogP contribution is -2.43.